The number of allylic oxidation sites excluding steroid dienone is 17. The van der Waals surface area contributed by atoms with Gasteiger partial charge in [-0.2, -0.15) is 0 Å². The fourth-order valence-electron chi connectivity index (χ4n) is 7.14. The van der Waals surface area contributed by atoms with E-state index in [1.54, 1.807) is 0 Å². The van der Waals surface area contributed by atoms with E-state index in [2.05, 4.69) is 142 Å². The monoisotopic (exact) mass is 654 g/mol. The number of hydrogen-bond donors (Lipinski definition) is 0. The Morgan fingerprint density at radius 2 is 1.82 bits per heavy atom. The molecule has 0 N–H and O–H groups in total. The Bertz CT molecular complexity index is 2050. The van der Waals surface area contributed by atoms with E-state index in [4.69, 9.17) is 4.98 Å². The predicted molar refractivity (Wildman–Crippen MR) is 218 cm³/mol. The second kappa shape index (κ2) is 16.5. The van der Waals surface area contributed by atoms with Gasteiger partial charge in [0.05, 0.1) is 5.69 Å². The summed E-state index contributed by atoms with van der Waals surface area (Å²) in [6, 6.07) is 18.0. The molecule has 0 bridgehead atoms. The van der Waals surface area contributed by atoms with Crippen molar-refractivity contribution in [3.8, 4) is 0 Å². The second-order valence-electron chi connectivity index (χ2n) is 13.8. The topological polar surface area (TPSA) is 25.2 Å². The number of dihydropyridines is 1. The van der Waals surface area contributed by atoms with Crippen LogP contribution < -0.4 is 0 Å². The average Bonchev–Trinajstić information content (AvgIpc) is 3.15. The molecule has 0 saturated carbocycles. The summed E-state index contributed by atoms with van der Waals surface area (Å²) >= 11 is 0. The minimum Gasteiger partial charge on any atom is -0.292 e. The van der Waals surface area contributed by atoms with E-state index in [0.717, 1.165) is 61.9 Å². The summed E-state index contributed by atoms with van der Waals surface area (Å²) in [7, 11) is 0. The van der Waals surface area contributed by atoms with Gasteiger partial charge in [0.25, 0.3) is 0 Å². The maximum absolute atomic E-state index is 4.80. The molecule has 252 valence electrons. The summed E-state index contributed by atoms with van der Waals surface area (Å²) in [6.07, 6.45) is 33.5. The first-order valence-electron chi connectivity index (χ1n) is 18.3. The van der Waals surface area contributed by atoms with Crippen molar-refractivity contribution in [1.82, 2.24) is 4.98 Å². The number of fused-ring (bicyclic) bond motifs is 1. The minimum absolute atomic E-state index is 0.347. The molecule has 1 atom stereocenters. The van der Waals surface area contributed by atoms with Crippen LogP contribution in [0.15, 0.2) is 162 Å². The molecule has 1 aromatic heterocycles. The van der Waals surface area contributed by atoms with Crippen LogP contribution in [0.5, 0.6) is 0 Å². The third kappa shape index (κ3) is 8.20. The van der Waals surface area contributed by atoms with E-state index in [1.807, 2.05) is 18.5 Å². The lowest BCUT2D eigenvalue weighted by molar-refractivity contribution is 0.691. The number of aromatic nitrogens is 1. The molecule has 0 amide bonds. The van der Waals surface area contributed by atoms with Crippen LogP contribution in [0.25, 0.3) is 27.5 Å². The number of aryl methyl sites for hydroxylation is 1. The smallest absolute Gasteiger partial charge is 0.0714 e. The molecule has 50 heavy (non-hydrogen) atoms. The van der Waals surface area contributed by atoms with Crippen molar-refractivity contribution in [2.24, 2.45) is 10.9 Å². The molecule has 1 unspecified atom stereocenters. The summed E-state index contributed by atoms with van der Waals surface area (Å²) in [5, 5.41) is 2.56. The van der Waals surface area contributed by atoms with Gasteiger partial charge < -0.3 is 0 Å². The zero-order valence-electron chi connectivity index (χ0n) is 30.1. The van der Waals surface area contributed by atoms with Gasteiger partial charge in [0.2, 0.25) is 0 Å². The number of hydrogen-bond acceptors (Lipinski definition) is 2. The summed E-state index contributed by atoms with van der Waals surface area (Å²) < 4.78 is 0. The largest absolute Gasteiger partial charge is 0.292 e. The van der Waals surface area contributed by atoms with Crippen LogP contribution in [0, 0.1) is 12.8 Å². The van der Waals surface area contributed by atoms with E-state index >= 15 is 0 Å². The molecule has 0 radical (unpaired) electrons. The zero-order valence-corrected chi connectivity index (χ0v) is 30.1. The number of rotatable bonds is 10. The van der Waals surface area contributed by atoms with Crippen molar-refractivity contribution in [3.63, 3.8) is 0 Å². The lowest BCUT2D eigenvalue weighted by Gasteiger charge is -2.22. The third-order valence-electron chi connectivity index (χ3n) is 10.2. The van der Waals surface area contributed by atoms with E-state index in [1.165, 1.54) is 67.3 Å². The summed E-state index contributed by atoms with van der Waals surface area (Å²) in [5.74, 6) is 0.347. The number of pyridine rings is 1. The second-order valence-corrected chi connectivity index (χ2v) is 13.8. The molecule has 2 aromatic carbocycles. The standard InChI is InChI=1S/C48H50N2/c1-6-7-20-45(48(38-17-9-8-10-18-38)41-26-25-39-30-34(2)23-24-40(39)31-41)37(5)35(3)15-11-12-21-44-36(4)16-13-22-46(44)42-27-28-47(50-33-42)43-19-14-29-49-32-43/h6-7,9,11-12,17,19-28,30-33,35H,1,4,8,10,13-16,18,29H2,2-3,5H3/b12-11-,20-7-,44-21+,45-37-,48-38-. The SMILES string of the molecule is C=C\C=C/C(=C(\C)C(C)C/C=C\C=C1/C(=C)CCC=C1c1ccc(C2=CCCN=C2)nc1)C(=C1/C=CCCC1)/c1ccc2cc(C)ccc2c1. The predicted octanol–water partition coefficient (Wildman–Crippen LogP) is 12.9. The molecule has 3 aromatic rings. The molecular formula is C48H50N2. The molecule has 2 aliphatic carbocycles. The van der Waals surface area contributed by atoms with Crippen molar-refractivity contribution < 1.29 is 0 Å². The quantitative estimate of drug-likeness (QED) is 0.200. The molecule has 0 fully saturated rings. The highest BCUT2D eigenvalue weighted by Crippen LogP contribution is 2.38. The van der Waals surface area contributed by atoms with Crippen LogP contribution in [0.3, 0.4) is 0 Å². The molecule has 2 nitrogen and oxygen atoms in total. The molecule has 2 heterocycles. The average molecular weight is 655 g/mol. The fraction of sp³-hybridized carbons (Fsp3) is 0.250. The highest BCUT2D eigenvalue weighted by atomic mass is 14.7. The Balaban J connectivity index is 1.28. The summed E-state index contributed by atoms with van der Waals surface area (Å²) in [6.45, 7) is 16.1. The molecule has 2 heteroatoms. The maximum Gasteiger partial charge on any atom is 0.0714 e. The third-order valence-corrected chi connectivity index (χ3v) is 10.2. The summed E-state index contributed by atoms with van der Waals surface area (Å²) in [4.78, 5) is 9.23. The Morgan fingerprint density at radius 1 is 0.960 bits per heavy atom. The number of benzene rings is 2. The van der Waals surface area contributed by atoms with Crippen molar-refractivity contribution in [2.45, 2.75) is 65.7 Å². The fourth-order valence-corrected chi connectivity index (χ4v) is 7.14. The van der Waals surface area contributed by atoms with Crippen molar-refractivity contribution in [1.29, 1.82) is 0 Å². The molecular weight excluding hydrogens is 605 g/mol. The lowest BCUT2D eigenvalue weighted by atomic mass is 9.82. The van der Waals surface area contributed by atoms with E-state index < -0.39 is 0 Å². The first-order chi connectivity index (χ1) is 24.4. The normalized spacial score (nSPS) is 19.6. The maximum atomic E-state index is 4.80. The highest BCUT2D eigenvalue weighted by molar-refractivity contribution is 6.09. The van der Waals surface area contributed by atoms with Gasteiger partial charge in [-0.1, -0.05) is 128 Å². The van der Waals surface area contributed by atoms with E-state index in [-0.39, 0.29) is 0 Å². The van der Waals surface area contributed by atoms with Gasteiger partial charge in [-0.25, -0.2) is 0 Å². The molecule has 1 aliphatic heterocycles. The first-order valence-corrected chi connectivity index (χ1v) is 18.3. The molecule has 3 aliphatic rings. The molecule has 0 saturated heterocycles. The zero-order chi connectivity index (χ0) is 34.9. The minimum atomic E-state index is 0.347. The first kappa shape index (κ1) is 34.8. The van der Waals surface area contributed by atoms with Gasteiger partial charge in [0.15, 0.2) is 0 Å². The van der Waals surface area contributed by atoms with E-state index in [9.17, 15) is 0 Å². The van der Waals surface area contributed by atoms with Crippen LogP contribution >= 0.6 is 0 Å². The Kier molecular flexibility index (Phi) is 11.5. The van der Waals surface area contributed by atoms with Gasteiger partial charge in [-0.15, -0.1) is 0 Å². The van der Waals surface area contributed by atoms with Crippen LogP contribution in [0.1, 0.15) is 81.2 Å². The van der Waals surface area contributed by atoms with E-state index in [0.29, 0.717) is 5.92 Å². The highest BCUT2D eigenvalue weighted by Gasteiger charge is 2.19. The van der Waals surface area contributed by atoms with Gasteiger partial charge in [-0.3, -0.25) is 9.98 Å². The van der Waals surface area contributed by atoms with Crippen molar-refractivity contribution in [2.75, 3.05) is 6.54 Å². The Hall–Kier alpha value is -5.08. The number of nitrogens with zero attached hydrogens (tertiary/aromatic N) is 2. The molecule has 6 rings (SSSR count). The number of aliphatic imine (C=N–C) groups is 1. The Labute approximate surface area is 299 Å². The van der Waals surface area contributed by atoms with Crippen molar-refractivity contribution in [3.05, 3.63) is 179 Å². The van der Waals surface area contributed by atoms with Crippen LogP contribution in [0.2, 0.25) is 0 Å². The van der Waals surface area contributed by atoms with Crippen LogP contribution in [-0.4, -0.2) is 17.7 Å². The van der Waals surface area contributed by atoms with Gasteiger partial charge in [0, 0.05) is 30.1 Å². The van der Waals surface area contributed by atoms with Crippen molar-refractivity contribution >= 4 is 33.7 Å². The van der Waals surface area contributed by atoms with Crippen LogP contribution in [0.4, 0.5) is 0 Å². The molecule has 0 spiro atoms. The summed E-state index contributed by atoms with van der Waals surface area (Å²) in [5.41, 5.74) is 14.8. The van der Waals surface area contributed by atoms with Gasteiger partial charge >= 0.3 is 0 Å². The Morgan fingerprint density at radius 3 is 2.58 bits per heavy atom. The van der Waals surface area contributed by atoms with Crippen LogP contribution in [-0.2, 0) is 0 Å². The lowest BCUT2D eigenvalue weighted by Crippen LogP contribution is -2.04. The van der Waals surface area contributed by atoms with Gasteiger partial charge in [0.1, 0.15) is 0 Å². The van der Waals surface area contributed by atoms with Gasteiger partial charge in [-0.05, 0) is 127 Å².